The van der Waals surface area contributed by atoms with E-state index in [4.69, 9.17) is 22.9 Å². The summed E-state index contributed by atoms with van der Waals surface area (Å²) in [4.78, 5) is 29.4. The lowest BCUT2D eigenvalue weighted by Crippen LogP contribution is -2.39. The van der Waals surface area contributed by atoms with Gasteiger partial charge < -0.3 is 32.7 Å². The maximum Gasteiger partial charge on any atom is 0.231 e. The molecule has 12 heteroatoms. The van der Waals surface area contributed by atoms with Crippen LogP contribution in [0.3, 0.4) is 0 Å². The summed E-state index contributed by atoms with van der Waals surface area (Å²) in [7, 11) is 0. The average Bonchev–Trinajstić information content (AvgIpc) is 4.00. The lowest BCUT2D eigenvalue weighted by Gasteiger charge is -2.40. The molecule has 0 bridgehead atoms. The predicted molar refractivity (Wildman–Crippen MR) is 382 cm³/mol. The minimum Gasteiger partial charge on any atom is -0.368 e. The van der Waals surface area contributed by atoms with Gasteiger partial charge in [0.2, 0.25) is 35.7 Å². The first-order chi connectivity index (χ1) is 39.5. The van der Waals surface area contributed by atoms with Crippen molar-refractivity contribution in [2.24, 2.45) is 93.7 Å². The SMILES string of the molecule is C=C(C)CC.CCC(C)CC(C)(CC(C)C)CC1CCCN(c2nc(N)nc(N)n2)C1.CCC(C)CC(C)(CC(C)C)CC1CN(c2nc(N)nc(N)n2)CC1C.CCC(C)CC(C)CC(C)C.CCC(C)CC(C)CC(C)C.CCCC(C)C.[HH]. The number of nitrogen functional groups attached to an aromatic ring is 4. The molecule has 4 heterocycles. The molecular weight excluding hydrogens is 1040 g/mol. The molecule has 0 aromatic carbocycles. The van der Waals surface area contributed by atoms with Crippen LogP contribution in [0.5, 0.6) is 0 Å². The van der Waals surface area contributed by atoms with Crippen molar-refractivity contribution in [1.82, 2.24) is 29.9 Å². The molecule has 11 atom stereocenters. The fourth-order valence-electron chi connectivity index (χ4n) is 13.8. The summed E-state index contributed by atoms with van der Waals surface area (Å²) < 4.78 is 0. The van der Waals surface area contributed by atoms with Crippen molar-refractivity contribution in [1.29, 1.82) is 0 Å². The number of allylic oxidation sites excluding steroid dienone is 1. The van der Waals surface area contributed by atoms with Gasteiger partial charge in [-0.05, 0) is 184 Å². The van der Waals surface area contributed by atoms with Gasteiger partial charge >= 0.3 is 0 Å². The van der Waals surface area contributed by atoms with Gasteiger partial charge in [0, 0.05) is 27.6 Å². The molecule has 0 aliphatic carbocycles. The van der Waals surface area contributed by atoms with Crippen molar-refractivity contribution in [3.8, 4) is 0 Å². The summed E-state index contributed by atoms with van der Waals surface area (Å²) in [5.74, 6) is 13.3. The zero-order chi connectivity index (χ0) is 65.8. The highest BCUT2D eigenvalue weighted by atomic mass is 15.3. The van der Waals surface area contributed by atoms with E-state index in [2.05, 4.69) is 219 Å². The van der Waals surface area contributed by atoms with Crippen LogP contribution in [0.4, 0.5) is 35.7 Å². The summed E-state index contributed by atoms with van der Waals surface area (Å²) in [6, 6.07) is 0. The Bertz CT molecular complexity index is 1860. The predicted octanol–water partition coefficient (Wildman–Crippen LogP) is 21.0. The van der Waals surface area contributed by atoms with E-state index in [-0.39, 0.29) is 25.2 Å². The molecule has 11 unspecified atom stereocenters. The number of aromatic nitrogens is 6. The Labute approximate surface area is 531 Å². The second-order valence-corrected chi connectivity index (χ2v) is 30.9. The van der Waals surface area contributed by atoms with Crippen molar-refractivity contribution in [3.63, 3.8) is 0 Å². The molecule has 0 saturated carbocycles. The van der Waals surface area contributed by atoms with Crippen LogP contribution in [-0.2, 0) is 0 Å². The van der Waals surface area contributed by atoms with Gasteiger partial charge in [0.25, 0.3) is 0 Å². The Balaban J connectivity index is -0.00000106. The maximum absolute atomic E-state index is 5.76. The highest BCUT2D eigenvalue weighted by Crippen LogP contribution is 2.44. The molecule has 0 amide bonds. The molecule has 2 aromatic heterocycles. The van der Waals surface area contributed by atoms with Gasteiger partial charge in [-0.25, -0.2) is 0 Å². The molecule has 85 heavy (non-hydrogen) atoms. The fraction of sp³-hybridized carbons (Fsp3) is 0.890. The van der Waals surface area contributed by atoms with E-state index in [1.807, 2.05) is 6.92 Å². The third-order valence-corrected chi connectivity index (χ3v) is 17.8. The van der Waals surface area contributed by atoms with Gasteiger partial charge in [0.15, 0.2) is 0 Å². The van der Waals surface area contributed by atoms with Crippen LogP contribution < -0.4 is 32.7 Å². The molecule has 12 nitrogen and oxygen atoms in total. The molecule has 502 valence electrons. The van der Waals surface area contributed by atoms with E-state index in [0.29, 0.717) is 40.5 Å². The quantitative estimate of drug-likeness (QED) is 0.0565. The summed E-state index contributed by atoms with van der Waals surface area (Å²) in [5, 5.41) is 0. The second-order valence-electron chi connectivity index (χ2n) is 30.9. The first kappa shape index (κ1) is 83.6. The third kappa shape index (κ3) is 41.4. The summed E-state index contributed by atoms with van der Waals surface area (Å²) in [6.07, 6.45) is 24.8. The Kier molecular flexibility index (Phi) is 44.2. The van der Waals surface area contributed by atoms with Crippen LogP contribution in [0.2, 0.25) is 0 Å². The molecule has 2 aliphatic rings. The molecule has 0 radical (unpaired) electrons. The minimum atomic E-state index is 0. The number of anilines is 6. The Hall–Kier alpha value is -3.44. The number of hydrogen-bond donors (Lipinski definition) is 4. The fourth-order valence-corrected chi connectivity index (χ4v) is 13.8. The first-order valence-electron chi connectivity index (χ1n) is 35.2. The normalized spacial score (nSPS) is 19.5. The Morgan fingerprint density at radius 3 is 1.19 bits per heavy atom. The van der Waals surface area contributed by atoms with Crippen LogP contribution in [0.1, 0.15) is 303 Å². The van der Waals surface area contributed by atoms with Gasteiger partial charge in [-0.15, -0.1) is 6.58 Å². The van der Waals surface area contributed by atoms with Crippen molar-refractivity contribution >= 4 is 35.7 Å². The van der Waals surface area contributed by atoms with Gasteiger partial charge in [0.05, 0.1) is 0 Å². The lowest BCUT2D eigenvalue weighted by molar-refractivity contribution is 0.143. The molecule has 4 rings (SSSR count). The van der Waals surface area contributed by atoms with Crippen LogP contribution in [0.25, 0.3) is 0 Å². The van der Waals surface area contributed by atoms with Crippen molar-refractivity contribution in [2.45, 2.75) is 302 Å². The molecular formula is C73H150N12. The maximum atomic E-state index is 5.76. The highest BCUT2D eigenvalue weighted by Gasteiger charge is 2.38. The van der Waals surface area contributed by atoms with Gasteiger partial charge in [0.1, 0.15) is 0 Å². The number of nitrogens with two attached hydrogens (primary N) is 4. The Morgan fingerprint density at radius 2 is 0.871 bits per heavy atom. The second kappa shape index (κ2) is 44.9. The monoisotopic (exact) mass is 1200 g/mol. The van der Waals surface area contributed by atoms with E-state index in [9.17, 15) is 0 Å². The van der Waals surface area contributed by atoms with Crippen LogP contribution in [0, 0.1) is 93.7 Å². The van der Waals surface area contributed by atoms with E-state index >= 15 is 0 Å². The summed E-state index contributed by atoms with van der Waals surface area (Å²) in [6.45, 7) is 67.8. The van der Waals surface area contributed by atoms with Crippen molar-refractivity contribution in [3.05, 3.63) is 12.2 Å². The van der Waals surface area contributed by atoms with Crippen molar-refractivity contribution < 1.29 is 1.43 Å². The lowest BCUT2D eigenvalue weighted by atomic mass is 9.68. The number of piperidine rings is 1. The first-order valence-corrected chi connectivity index (χ1v) is 35.2. The zero-order valence-electron chi connectivity index (χ0n) is 61.4. The van der Waals surface area contributed by atoms with E-state index < -0.39 is 0 Å². The molecule has 2 aromatic rings. The topological polar surface area (TPSA) is 188 Å². The summed E-state index contributed by atoms with van der Waals surface area (Å²) >= 11 is 0. The Morgan fingerprint density at radius 1 is 0.494 bits per heavy atom. The van der Waals surface area contributed by atoms with Crippen molar-refractivity contribution in [2.75, 3.05) is 58.9 Å². The smallest absolute Gasteiger partial charge is 0.231 e. The average molecular weight is 1200 g/mol. The van der Waals surface area contributed by atoms with Crippen LogP contribution in [0.15, 0.2) is 12.2 Å². The summed E-state index contributed by atoms with van der Waals surface area (Å²) in [5.41, 5.74) is 25.1. The number of nitrogens with zero attached hydrogens (tertiary/aromatic N) is 8. The van der Waals surface area contributed by atoms with E-state index in [1.165, 1.54) is 115 Å². The van der Waals surface area contributed by atoms with Gasteiger partial charge in [-0.3, -0.25) is 0 Å². The van der Waals surface area contributed by atoms with E-state index in [0.717, 1.165) is 104 Å². The molecule has 2 fully saturated rings. The third-order valence-electron chi connectivity index (χ3n) is 17.8. The molecule has 8 N–H and O–H groups in total. The van der Waals surface area contributed by atoms with Crippen LogP contribution >= 0.6 is 0 Å². The standard InChI is InChI=1S/2C20H38N6.2C11H24.C6H14.C5H10.H2/c1-7-14(4)9-20(6,8-13(2)3)10-16-12-26(11-15(16)5)19-24-17(21)23-18(22)25-19;1-6-15(4)11-20(5,10-14(2)3)12-16-8-7-9-26(13-16)19-24-17(21)23-18(22)25-19;2*1-6-10(4)8-11(5)7-9(2)3;1-4-5-6(2)3;1-4-5(2)3;/h13-16H,7-12H2,1-6H3,(H4,21,22,23,24,25);14-16H,6-13H2,1-5H3,(H4,21,22,23,24,25);2*9-11H,6-8H2,1-5H3;6H,4-5H2,1-3H3;2,4H2,1,3H3;1H. The van der Waals surface area contributed by atoms with E-state index in [1.54, 1.807) is 0 Å². The number of rotatable bonds is 29. The molecule has 2 aliphatic heterocycles. The highest BCUT2D eigenvalue weighted by molar-refractivity contribution is 5.41. The molecule has 0 spiro atoms. The van der Waals surface area contributed by atoms with Crippen LogP contribution in [-0.4, -0.2) is 56.1 Å². The number of hydrogen-bond acceptors (Lipinski definition) is 12. The van der Waals surface area contributed by atoms with Gasteiger partial charge in [-0.2, -0.15) is 29.9 Å². The largest absolute Gasteiger partial charge is 0.368 e. The molecule has 2 saturated heterocycles. The minimum absolute atomic E-state index is 0. The van der Waals surface area contributed by atoms with Gasteiger partial charge in [-0.1, -0.05) is 217 Å². The zero-order valence-corrected chi connectivity index (χ0v) is 61.4.